The number of benzene rings is 1. The van der Waals surface area contributed by atoms with Gasteiger partial charge < -0.3 is 16.4 Å². The van der Waals surface area contributed by atoms with Gasteiger partial charge >= 0.3 is 0 Å². The van der Waals surface area contributed by atoms with Crippen molar-refractivity contribution in [1.82, 2.24) is 10.6 Å². The molecule has 21 heavy (non-hydrogen) atoms. The number of amides is 2. The molecule has 5 nitrogen and oxygen atoms in total. The summed E-state index contributed by atoms with van der Waals surface area (Å²) in [7, 11) is 0. The average molecular weight is 354 g/mol. The van der Waals surface area contributed by atoms with Gasteiger partial charge in [-0.1, -0.05) is 22.0 Å². The van der Waals surface area contributed by atoms with Crippen LogP contribution in [-0.4, -0.2) is 30.9 Å². The Hall–Kier alpha value is -1.40. The zero-order valence-corrected chi connectivity index (χ0v) is 13.4. The van der Waals surface area contributed by atoms with Crippen LogP contribution in [0.3, 0.4) is 0 Å². The zero-order valence-electron chi connectivity index (χ0n) is 11.8. The molecule has 2 atom stereocenters. The van der Waals surface area contributed by atoms with Gasteiger partial charge in [0.1, 0.15) is 0 Å². The lowest BCUT2D eigenvalue weighted by Gasteiger charge is -2.11. The van der Waals surface area contributed by atoms with Gasteiger partial charge in [-0.25, -0.2) is 0 Å². The molecule has 4 N–H and O–H groups in total. The maximum absolute atomic E-state index is 11.9. The third-order valence-corrected chi connectivity index (χ3v) is 4.13. The van der Waals surface area contributed by atoms with E-state index in [0.717, 1.165) is 23.7 Å². The standard InChI is InChI=1S/C15H20BrN3O2/c16-12-3-1-2-10(8-12)14(20)18-6-7-19-15(21)11-4-5-13(17)9-11/h1-3,8,11,13H,4-7,9,17H2,(H,18,20)(H,19,21). The number of carbonyl (C=O) groups is 2. The summed E-state index contributed by atoms with van der Waals surface area (Å²) in [6.45, 7) is 0.847. The number of nitrogens with one attached hydrogen (secondary N) is 2. The number of rotatable bonds is 5. The van der Waals surface area contributed by atoms with Crippen LogP contribution < -0.4 is 16.4 Å². The molecule has 2 unspecified atom stereocenters. The quantitative estimate of drug-likeness (QED) is 0.700. The van der Waals surface area contributed by atoms with Crippen molar-refractivity contribution in [2.75, 3.05) is 13.1 Å². The van der Waals surface area contributed by atoms with Gasteiger partial charge in [0.25, 0.3) is 5.91 Å². The molecule has 0 heterocycles. The van der Waals surface area contributed by atoms with E-state index in [4.69, 9.17) is 5.73 Å². The Kier molecular flexibility index (Phi) is 5.76. The third-order valence-electron chi connectivity index (χ3n) is 3.64. The number of hydrogen-bond donors (Lipinski definition) is 3. The zero-order chi connectivity index (χ0) is 15.2. The number of halogens is 1. The first-order valence-electron chi connectivity index (χ1n) is 7.13. The Morgan fingerprint density at radius 2 is 2.00 bits per heavy atom. The van der Waals surface area contributed by atoms with Crippen LogP contribution in [0.5, 0.6) is 0 Å². The molecule has 1 aromatic carbocycles. The van der Waals surface area contributed by atoms with Crippen LogP contribution in [0.15, 0.2) is 28.7 Å². The summed E-state index contributed by atoms with van der Waals surface area (Å²) in [6, 6.07) is 7.33. The largest absolute Gasteiger partial charge is 0.354 e. The Morgan fingerprint density at radius 3 is 2.67 bits per heavy atom. The Labute approximate surface area is 132 Å². The van der Waals surface area contributed by atoms with Crippen molar-refractivity contribution in [3.63, 3.8) is 0 Å². The van der Waals surface area contributed by atoms with E-state index in [9.17, 15) is 9.59 Å². The summed E-state index contributed by atoms with van der Waals surface area (Å²) in [6.07, 6.45) is 2.53. The molecule has 0 aliphatic heterocycles. The van der Waals surface area contributed by atoms with E-state index < -0.39 is 0 Å². The van der Waals surface area contributed by atoms with Gasteiger partial charge in [-0.2, -0.15) is 0 Å². The highest BCUT2D eigenvalue weighted by atomic mass is 79.9. The van der Waals surface area contributed by atoms with Crippen LogP contribution in [0.1, 0.15) is 29.6 Å². The SMILES string of the molecule is NC1CCC(C(=O)NCCNC(=O)c2cccc(Br)c2)C1. The maximum atomic E-state index is 11.9. The third kappa shape index (κ3) is 4.82. The summed E-state index contributed by atoms with van der Waals surface area (Å²) in [5.74, 6) is -0.0751. The molecular weight excluding hydrogens is 334 g/mol. The van der Waals surface area contributed by atoms with Gasteiger partial charge in [-0.3, -0.25) is 9.59 Å². The Balaban J connectivity index is 1.67. The molecule has 0 spiro atoms. The lowest BCUT2D eigenvalue weighted by Crippen LogP contribution is -2.37. The molecule has 2 rings (SSSR count). The first kappa shape index (κ1) is 16.0. The molecule has 114 valence electrons. The number of hydrogen-bond acceptors (Lipinski definition) is 3. The maximum Gasteiger partial charge on any atom is 0.251 e. The second kappa shape index (κ2) is 7.56. The highest BCUT2D eigenvalue weighted by molar-refractivity contribution is 9.10. The highest BCUT2D eigenvalue weighted by Crippen LogP contribution is 2.23. The monoisotopic (exact) mass is 353 g/mol. The first-order valence-corrected chi connectivity index (χ1v) is 7.92. The molecule has 1 saturated carbocycles. The van der Waals surface area contributed by atoms with E-state index in [1.165, 1.54) is 0 Å². The van der Waals surface area contributed by atoms with Crippen molar-refractivity contribution in [3.8, 4) is 0 Å². The lowest BCUT2D eigenvalue weighted by molar-refractivity contribution is -0.124. The smallest absolute Gasteiger partial charge is 0.251 e. The fourth-order valence-electron chi connectivity index (χ4n) is 2.49. The van der Waals surface area contributed by atoms with Crippen LogP contribution in [0, 0.1) is 5.92 Å². The van der Waals surface area contributed by atoms with Gasteiger partial charge in [-0.05, 0) is 37.5 Å². The van der Waals surface area contributed by atoms with Crippen molar-refractivity contribution in [2.24, 2.45) is 11.7 Å². The Morgan fingerprint density at radius 1 is 1.24 bits per heavy atom. The summed E-state index contributed by atoms with van der Waals surface area (Å²) in [5.41, 5.74) is 6.39. The molecule has 1 aliphatic carbocycles. The van der Waals surface area contributed by atoms with Crippen LogP contribution in [0.2, 0.25) is 0 Å². The highest BCUT2D eigenvalue weighted by Gasteiger charge is 2.27. The van der Waals surface area contributed by atoms with Crippen molar-refractivity contribution < 1.29 is 9.59 Å². The topological polar surface area (TPSA) is 84.2 Å². The molecule has 0 radical (unpaired) electrons. The van der Waals surface area contributed by atoms with Crippen LogP contribution in [-0.2, 0) is 4.79 Å². The van der Waals surface area contributed by atoms with Gasteiger partial charge in [-0.15, -0.1) is 0 Å². The van der Waals surface area contributed by atoms with Gasteiger partial charge in [0.15, 0.2) is 0 Å². The predicted octanol–water partition coefficient (Wildman–Crippen LogP) is 1.42. The Bertz CT molecular complexity index is 521. The minimum absolute atomic E-state index is 0.0285. The van der Waals surface area contributed by atoms with E-state index in [-0.39, 0.29) is 23.8 Å². The second-order valence-electron chi connectivity index (χ2n) is 5.33. The molecule has 6 heteroatoms. The normalized spacial score (nSPS) is 21.0. The van der Waals surface area contributed by atoms with Gasteiger partial charge in [0.2, 0.25) is 5.91 Å². The lowest BCUT2D eigenvalue weighted by atomic mass is 10.1. The molecule has 0 aromatic heterocycles. The molecule has 1 aromatic rings. The molecule has 0 bridgehead atoms. The van der Waals surface area contributed by atoms with Crippen molar-refractivity contribution >= 4 is 27.7 Å². The first-order chi connectivity index (χ1) is 10.1. The van der Waals surface area contributed by atoms with E-state index >= 15 is 0 Å². The fraction of sp³-hybridized carbons (Fsp3) is 0.467. The van der Waals surface area contributed by atoms with Crippen LogP contribution in [0.4, 0.5) is 0 Å². The van der Waals surface area contributed by atoms with Crippen molar-refractivity contribution in [2.45, 2.75) is 25.3 Å². The summed E-state index contributed by atoms with van der Waals surface area (Å²) >= 11 is 3.33. The van der Waals surface area contributed by atoms with E-state index in [1.54, 1.807) is 12.1 Å². The van der Waals surface area contributed by atoms with E-state index in [1.807, 2.05) is 12.1 Å². The molecular formula is C15H20BrN3O2. The van der Waals surface area contributed by atoms with Gasteiger partial charge in [0.05, 0.1) is 0 Å². The summed E-state index contributed by atoms with van der Waals surface area (Å²) in [5, 5.41) is 5.63. The van der Waals surface area contributed by atoms with E-state index in [2.05, 4.69) is 26.6 Å². The molecule has 0 saturated heterocycles. The summed E-state index contributed by atoms with van der Waals surface area (Å²) < 4.78 is 0.862. The minimum atomic E-state index is -0.145. The second-order valence-corrected chi connectivity index (χ2v) is 6.24. The number of carbonyl (C=O) groups excluding carboxylic acids is 2. The van der Waals surface area contributed by atoms with E-state index in [0.29, 0.717) is 18.7 Å². The van der Waals surface area contributed by atoms with Crippen LogP contribution >= 0.6 is 15.9 Å². The van der Waals surface area contributed by atoms with Crippen molar-refractivity contribution in [3.05, 3.63) is 34.3 Å². The number of nitrogens with two attached hydrogens (primary N) is 1. The molecule has 2 amide bonds. The van der Waals surface area contributed by atoms with Crippen LogP contribution in [0.25, 0.3) is 0 Å². The molecule has 1 fully saturated rings. The average Bonchev–Trinajstić information content (AvgIpc) is 2.90. The van der Waals surface area contributed by atoms with Gasteiger partial charge in [0, 0.05) is 35.1 Å². The predicted molar refractivity (Wildman–Crippen MR) is 84.8 cm³/mol. The minimum Gasteiger partial charge on any atom is -0.354 e. The molecule has 1 aliphatic rings. The summed E-state index contributed by atoms with van der Waals surface area (Å²) in [4.78, 5) is 23.7. The van der Waals surface area contributed by atoms with Crippen molar-refractivity contribution in [1.29, 1.82) is 0 Å². The fourth-order valence-corrected chi connectivity index (χ4v) is 2.89.